The van der Waals surface area contributed by atoms with Crippen molar-refractivity contribution in [2.24, 2.45) is 0 Å². The average Bonchev–Trinajstić information content (AvgIpc) is 2.47. The molecule has 1 atom stereocenters. The second-order valence-electron chi connectivity index (χ2n) is 6.36. The fourth-order valence-electron chi connectivity index (χ4n) is 2.61. The number of nitrogens with zero attached hydrogens (tertiary/aromatic N) is 1. The zero-order valence-corrected chi connectivity index (χ0v) is 13.3. The van der Waals surface area contributed by atoms with Gasteiger partial charge in [-0.25, -0.2) is 0 Å². The summed E-state index contributed by atoms with van der Waals surface area (Å²) in [7, 11) is 0. The maximum Gasteiger partial charge on any atom is 0.223 e. The standard InChI is InChI=1S/C17H26N2O2/c1-14-12-19(17(2,3)13-18-14)16(20)10-7-11-21-15-8-5-4-6-9-15/h4-6,8-9,14,18H,7,10-13H2,1-3H3. The van der Waals surface area contributed by atoms with Gasteiger partial charge in [-0.2, -0.15) is 0 Å². The molecular weight excluding hydrogens is 264 g/mol. The first-order valence-electron chi connectivity index (χ1n) is 7.71. The van der Waals surface area contributed by atoms with Gasteiger partial charge in [0, 0.05) is 31.1 Å². The van der Waals surface area contributed by atoms with Gasteiger partial charge < -0.3 is 15.0 Å². The van der Waals surface area contributed by atoms with Crippen LogP contribution in [0.5, 0.6) is 5.75 Å². The van der Waals surface area contributed by atoms with E-state index in [-0.39, 0.29) is 11.4 Å². The number of hydrogen-bond donors (Lipinski definition) is 1. The van der Waals surface area contributed by atoms with Crippen molar-refractivity contribution < 1.29 is 9.53 Å². The summed E-state index contributed by atoms with van der Waals surface area (Å²) in [5.41, 5.74) is -0.107. The van der Waals surface area contributed by atoms with Crippen molar-refractivity contribution in [2.75, 3.05) is 19.7 Å². The van der Waals surface area contributed by atoms with Gasteiger partial charge in [-0.3, -0.25) is 4.79 Å². The lowest BCUT2D eigenvalue weighted by Crippen LogP contribution is -2.62. The zero-order valence-electron chi connectivity index (χ0n) is 13.3. The van der Waals surface area contributed by atoms with Crippen LogP contribution < -0.4 is 10.1 Å². The molecule has 21 heavy (non-hydrogen) atoms. The Bertz CT molecular complexity index is 459. The molecule has 1 heterocycles. The summed E-state index contributed by atoms with van der Waals surface area (Å²) in [4.78, 5) is 14.4. The van der Waals surface area contributed by atoms with Crippen LogP contribution in [-0.2, 0) is 4.79 Å². The summed E-state index contributed by atoms with van der Waals surface area (Å²) in [6.07, 6.45) is 1.30. The van der Waals surface area contributed by atoms with E-state index in [4.69, 9.17) is 4.74 Å². The molecule has 2 rings (SSSR count). The van der Waals surface area contributed by atoms with E-state index in [2.05, 4.69) is 26.1 Å². The van der Waals surface area contributed by atoms with Crippen molar-refractivity contribution >= 4 is 5.91 Å². The summed E-state index contributed by atoms with van der Waals surface area (Å²) in [5.74, 6) is 1.09. The van der Waals surface area contributed by atoms with E-state index >= 15 is 0 Å². The van der Waals surface area contributed by atoms with E-state index in [0.29, 0.717) is 19.1 Å². The molecule has 1 unspecified atom stereocenters. The van der Waals surface area contributed by atoms with Crippen LogP contribution in [0, 0.1) is 0 Å². The quantitative estimate of drug-likeness (QED) is 0.847. The van der Waals surface area contributed by atoms with Gasteiger partial charge in [0.05, 0.1) is 6.61 Å². The number of carbonyl (C=O) groups is 1. The first-order valence-corrected chi connectivity index (χ1v) is 7.71. The average molecular weight is 290 g/mol. The topological polar surface area (TPSA) is 41.6 Å². The molecule has 0 bridgehead atoms. The third-order valence-corrected chi connectivity index (χ3v) is 3.92. The van der Waals surface area contributed by atoms with Crippen molar-refractivity contribution in [1.29, 1.82) is 0 Å². The first kappa shape index (κ1) is 15.8. The van der Waals surface area contributed by atoms with E-state index < -0.39 is 0 Å². The predicted octanol–water partition coefficient (Wildman–Crippen LogP) is 2.44. The predicted molar refractivity (Wildman–Crippen MR) is 84.4 cm³/mol. The molecule has 0 radical (unpaired) electrons. The van der Waals surface area contributed by atoms with Gasteiger partial charge in [-0.15, -0.1) is 0 Å². The van der Waals surface area contributed by atoms with Crippen molar-refractivity contribution in [3.63, 3.8) is 0 Å². The van der Waals surface area contributed by atoms with Crippen LogP contribution in [0.2, 0.25) is 0 Å². The van der Waals surface area contributed by atoms with Gasteiger partial charge in [0.15, 0.2) is 0 Å². The Morgan fingerprint density at radius 1 is 1.38 bits per heavy atom. The highest BCUT2D eigenvalue weighted by atomic mass is 16.5. The lowest BCUT2D eigenvalue weighted by atomic mass is 9.97. The fourth-order valence-corrected chi connectivity index (χ4v) is 2.61. The number of carbonyl (C=O) groups excluding carboxylic acids is 1. The molecule has 1 saturated heterocycles. The van der Waals surface area contributed by atoms with Crippen molar-refractivity contribution in [3.8, 4) is 5.75 Å². The van der Waals surface area contributed by atoms with Gasteiger partial charge in [0.1, 0.15) is 5.75 Å². The molecule has 4 heteroatoms. The van der Waals surface area contributed by atoms with Crippen molar-refractivity contribution in [2.45, 2.75) is 45.2 Å². The molecule has 1 amide bonds. The van der Waals surface area contributed by atoms with Crippen LogP contribution in [0.15, 0.2) is 30.3 Å². The van der Waals surface area contributed by atoms with Crippen LogP contribution in [0.4, 0.5) is 0 Å². The number of benzene rings is 1. The van der Waals surface area contributed by atoms with Gasteiger partial charge in [-0.05, 0) is 39.3 Å². The van der Waals surface area contributed by atoms with E-state index in [9.17, 15) is 4.79 Å². The number of rotatable bonds is 5. The van der Waals surface area contributed by atoms with E-state index in [1.165, 1.54) is 0 Å². The number of piperazine rings is 1. The maximum atomic E-state index is 12.4. The van der Waals surface area contributed by atoms with Gasteiger partial charge >= 0.3 is 0 Å². The van der Waals surface area contributed by atoms with Gasteiger partial charge in [-0.1, -0.05) is 18.2 Å². The summed E-state index contributed by atoms with van der Waals surface area (Å²) < 4.78 is 5.63. The molecule has 4 nitrogen and oxygen atoms in total. The van der Waals surface area contributed by atoms with Crippen LogP contribution in [0.3, 0.4) is 0 Å². The van der Waals surface area contributed by atoms with Crippen LogP contribution in [0.1, 0.15) is 33.6 Å². The van der Waals surface area contributed by atoms with E-state index in [0.717, 1.165) is 25.3 Å². The number of ether oxygens (including phenoxy) is 1. The molecule has 1 aromatic rings. The highest BCUT2D eigenvalue weighted by molar-refractivity contribution is 5.77. The van der Waals surface area contributed by atoms with Crippen LogP contribution in [-0.4, -0.2) is 42.1 Å². The van der Waals surface area contributed by atoms with E-state index in [1.807, 2.05) is 35.2 Å². The molecule has 0 saturated carbocycles. The Morgan fingerprint density at radius 3 is 2.81 bits per heavy atom. The molecule has 1 N–H and O–H groups in total. The van der Waals surface area contributed by atoms with Crippen molar-refractivity contribution in [1.82, 2.24) is 10.2 Å². The lowest BCUT2D eigenvalue weighted by molar-refractivity contribution is -0.138. The second-order valence-corrected chi connectivity index (χ2v) is 6.36. The van der Waals surface area contributed by atoms with Gasteiger partial charge in [0.25, 0.3) is 0 Å². The zero-order chi connectivity index (χ0) is 15.3. The molecule has 1 aromatic carbocycles. The number of para-hydroxylation sites is 1. The minimum Gasteiger partial charge on any atom is -0.494 e. The van der Waals surface area contributed by atoms with Crippen molar-refractivity contribution in [3.05, 3.63) is 30.3 Å². The summed E-state index contributed by atoms with van der Waals surface area (Å²) in [6, 6.07) is 10.1. The van der Waals surface area contributed by atoms with E-state index in [1.54, 1.807) is 0 Å². The SMILES string of the molecule is CC1CN(C(=O)CCCOc2ccccc2)C(C)(C)CN1. The molecule has 1 aliphatic rings. The van der Waals surface area contributed by atoms with Gasteiger partial charge in [0.2, 0.25) is 5.91 Å². The normalized spacial score (nSPS) is 21.1. The Hall–Kier alpha value is -1.55. The highest BCUT2D eigenvalue weighted by Gasteiger charge is 2.35. The van der Waals surface area contributed by atoms with Crippen LogP contribution in [0.25, 0.3) is 0 Å². The molecular formula is C17H26N2O2. The minimum absolute atomic E-state index is 0.107. The number of amides is 1. The fraction of sp³-hybridized carbons (Fsp3) is 0.588. The molecule has 1 fully saturated rings. The number of nitrogens with one attached hydrogen (secondary N) is 1. The Balaban J connectivity index is 1.76. The third kappa shape index (κ3) is 4.46. The first-order chi connectivity index (χ1) is 9.99. The summed E-state index contributed by atoms with van der Waals surface area (Å²) >= 11 is 0. The molecule has 0 aliphatic carbocycles. The molecule has 0 spiro atoms. The smallest absolute Gasteiger partial charge is 0.223 e. The second kappa shape index (κ2) is 6.94. The summed E-state index contributed by atoms with van der Waals surface area (Å²) in [5, 5.41) is 3.43. The summed E-state index contributed by atoms with van der Waals surface area (Å²) in [6.45, 7) is 8.56. The Labute approximate surface area is 127 Å². The Kier molecular flexibility index (Phi) is 5.23. The maximum absolute atomic E-state index is 12.4. The largest absolute Gasteiger partial charge is 0.494 e. The number of hydrogen-bond acceptors (Lipinski definition) is 3. The minimum atomic E-state index is -0.107. The molecule has 1 aliphatic heterocycles. The van der Waals surface area contributed by atoms with Crippen LogP contribution >= 0.6 is 0 Å². The third-order valence-electron chi connectivity index (χ3n) is 3.92. The monoisotopic (exact) mass is 290 g/mol. The lowest BCUT2D eigenvalue weighted by Gasteiger charge is -2.45. The Morgan fingerprint density at radius 2 is 2.10 bits per heavy atom. The molecule has 0 aromatic heterocycles. The highest BCUT2D eigenvalue weighted by Crippen LogP contribution is 2.20. The molecule has 116 valence electrons.